The molecular weight excluding hydrogens is 306 g/mol. The van der Waals surface area contributed by atoms with Crippen molar-refractivity contribution in [3.63, 3.8) is 0 Å². The highest BCUT2D eigenvalue weighted by atomic mass is 35.5. The van der Waals surface area contributed by atoms with Crippen LogP contribution in [-0.2, 0) is 5.41 Å². The van der Waals surface area contributed by atoms with E-state index >= 15 is 0 Å². The lowest BCUT2D eigenvalue weighted by molar-refractivity contribution is 0.0690. The van der Waals surface area contributed by atoms with E-state index in [2.05, 4.69) is 10.2 Å². The second-order valence-corrected chi connectivity index (χ2v) is 6.35. The van der Waals surface area contributed by atoms with Crippen molar-refractivity contribution < 1.29 is 14.7 Å². The fourth-order valence-corrected chi connectivity index (χ4v) is 2.88. The first kappa shape index (κ1) is 14.6. The number of rotatable bonds is 2. The molecule has 0 spiro atoms. The maximum absolute atomic E-state index is 12.6. The third kappa shape index (κ3) is 2.25. The molecule has 114 valence electrons. The lowest BCUT2D eigenvalue weighted by atomic mass is 9.87. The van der Waals surface area contributed by atoms with Crippen LogP contribution in [0.3, 0.4) is 0 Å². The monoisotopic (exact) mass is 319 g/mol. The fourth-order valence-electron chi connectivity index (χ4n) is 2.71. The van der Waals surface area contributed by atoms with E-state index in [1.54, 1.807) is 17.0 Å². The highest BCUT2D eigenvalue weighted by Gasteiger charge is 2.39. The number of aromatic amines is 1. The van der Waals surface area contributed by atoms with Crippen molar-refractivity contribution >= 4 is 29.2 Å². The van der Waals surface area contributed by atoms with Crippen LogP contribution in [0.2, 0.25) is 5.02 Å². The lowest BCUT2D eigenvalue weighted by Gasteiger charge is -2.20. The molecule has 6 nitrogen and oxygen atoms in total. The summed E-state index contributed by atoms with van der Waals surface area (Å²) in [7, 11) is 0. The molecule has 0 bridgehead atoms. The largest absolute Gasteiger partial charge is 0.477 e. The molecule has 2 N–H and O–H groups in total. The number of hydrogen-bond donors (Lipinski definition) is 2. The lowest BCUT2D eigenvalue weighted by Crippen LogP contribution is -2.34. The number of carboxylic acids is 1. The van der Waals surface area contributed by atoms with Gasteiger partial charge in [-0.2, -0.15) is 5.10 Å². The van der Waals surface area contributed by atoms with Crippen molar-refractivity contribution in [2.75, 3.05) is 11.4 Å². The first-order chi connectivity index (χ1) is 10.3. The quantitative estimate of drug-likeness (QED) is 0.891. The zero-order valence-electron chi connectivity index (χ0n) is 12.1. The standard InChI is InChI=1S/C15H14ClN3O3/c1-15(2)7-19(12-4-3-8(16)5-9(12)15)13(20)10-6-11(14(21)22)18-17-10/h3-6H,7H2,1-2H3,(H,17,18)(H,21,22). The summed E-state index contributed by atoms with van der Waals surface area (Å²) in [6.45, 7) is 4.54. The van der Waals surface area contributed by atoms with Crippen LogP contribution in [0, 0.1) is 0 Å². The number of fused-ring (bicyclic) bond motifs is 1. The summed E-state index contributed by atoms with van der Waals surface area (Å²) < 4.78 is 0. The van der Waals surface area contributed by atoms with E-state index in [4.69, 9.17) is 16.7 Å². The minimum atomic E-state index is -1.15. The number of hydrogen-bond acceptors (Lipinski definition) is 3. The molecule has 7 heteroatoms. The zero-order valence-corrected chi connectivity index (χ0v) is 12.8. The number of benzene rings is 1. The van der Waals surface area contributed by atoms with Crippen LogP contribution in [-0.4, -0.2) is 33.7 Å². The van der Waals surface area contributed by atoms with Crippen LogP contribution in [0.25, 0.3) is 0 Å². The number of anilines is 1. The Kier molecular flexibility index (Phi) is 3.21. The van der Waals surface area contributed by atoms with E-state index in [-0.39, 0.29) is 22.7 Å². The summed E-state index contributed by atoms with van der Waals surface area (Å²) in [5.41, 5.74) is 1.50. The van der Waals surface area contributed by atoms with Crippen LogP contribution in [0.1, 0.15) is 40.4 Å². The predicted molar refractivity (Wildman–Crippen MR) is 81.7 cm³/mol. The molecule has 0 unspecified atom stereocenters. The minimum absolute atomic E-state index is 0.0796. The Labute approximate surface area is 131 Å². The van der Waals surface area contributed by atoms with Crippen molar-refractivity contribution in [2.24, 2.45) is 0 Å². The van der Waals surface area contributed by atoms with Gasteiger partial charge in [0.05, 0.1) is 0 Å². The molecule has 1 aromatic heterocycles. The Bertz CT molecular complexity index is 782. The second-order valence-electron chi connectivity index (χ2n) is 5.91. The maximum Gasteiger partial charge on any atom is 0.353 e. The average molecular weight is 320 g/mol. The molecule has 0 fully saturated rings. The molecule has 1 amide bonds. The number of aromatic nitrogens is 2. The molecule has 22 heavy (non-hydrogen) atoms. The number of H-pyrrole nitrogens is 1. The number of halogens is 1. The SMILES string of the molecule is CC1(C)CN(C(=O)c2cc(C(=O)O)[nH]n2)c2ccc(Cl)cc21. The highest BCUT2D eigenvalue weighted by Crippen LogP contribution is 2.42. The van der Waals surface area contributed by atoms with Crippen LogP contribution >= 0.6 is 11.6 Å². The Balaban J connectivity index is 1.99. The van der Waals surface area contributed by atoms with Gasteiger partial charge in [-0.25, -0.2) is 4.79 Å². The molecule has 0 saturated carbocycles. The summed E-state index contributed by atoms with van der Waals surface area (Å²) in [4.78, 5) is 25.1. The van der Waals surface area contributed by atoms with Crippen molar-refractivity contribution in [2.45, 2.75) is 19.3 Å². The van der Waals surface area contributed by atoms with Crippen molar-refractivity contribution in [3.05, 3.63) is 46.2 Å². The van der Waals surface area contributed by atoms with E-state index in [1.165, 1.54) is 6.07 Å². The van der Waals surface area contributed by atoms with E-state index in [9.17, 15) is 9.59 Å². The number of carbonyl (C=O) groups is 2. The third-order valence-corrected chi connectivity index (χ3v) is 4.04. The summed E-state index contributed by atoms with van der Waals surface area (Å²) >= 11 is 6.05. The van der Waals surface area contributed by atoms with Gasteiger partial charge in [0.15, 0.2) is 5.69 Å². The summed E-state index contributed by atoms with van der Waals surface area (Å²) in [5.74, 6) is -1.49. The minimum Gasteiger partial charge on any atom is -0.477 e. The van der Waals surface area contributed by atoms with Crippen molar-refractivity contribution in [1.82, 2.24) is 10.2 Å². The zero-order chi connectivity index (χ0) is 16.1. The Morgan fingerprint density at radius 2 is 2.09 bits per heavy atom. The summed E-state index contributed by atoms with van der Waals surface area (Å²) in [6, 6.07) is 6.63. The Hall–Kier alpha value is -2.34. The molecular formula is C15H14ClN3O3. The number of aromatic carboxylic acids is 1. The van der Waals surface area contributed by atoms with Gasteiger partial charge < -0.3 is 10.0 Å². The number of carboxylic acid groups (broad SMARTS) is 1. The van der Waals surface area contributed by atoms with Gasteiger partial charge in [-0.05, 0) is 23.8 Å². The normalized spacial score (nSPS) is 15.7. The third-order valence-electron chi connectivity index (χ3n) is 3.80. The predicted octanol–water partition coefficient (Wildman–Crippen LogP) is 2.70. The molecule has 1 aliphatic rings. The number of nitrogens with zero attached hydrogens (tertiary/aromatic N) is 2. The van der Waals surface area contributed by atoms with Gasteiger partial charge >= 0.3 is 5.97 Å². The van der Waals surface area contributed by atoms with E-state index in [0.717, 1.165) is 11.3 Å². The molecule has 0 atom stereocenters. The molecule has 1 aliphatic heterocycles. The van der Waals surface area contributed by atoms with Gasteiger partial charge in [0.2, 0.25) is 0 Å². The first-order valence-corrected chi connectivity index (χ1v) is 7.08. The topological polar surface area (TPSA) is 86.3 Å². The smallest absolute Gasteiger partial charge is 0.353 e. The van der Waals surface area contributed by atoms with E-state index < -0.39 is 5.97 Å². The van der Waals surface area contributed by atoms with Gasteiger partial charge in [0.25, 0.3) is 5.91 Å². The van der Waals surface area contributed by atoms with Crippen LogP contribution in [0.5, 0.6) is 0 Å². The molecule has 0 saturated heterocycles. The average Bonchev–Trinajstić information content (AvgIpc) is 3.02. The molecule has 2 aromatic rings. The van der Waals surface area contributed by atoms with Crippen LogP contribution < -0.4 is 4.90 Å². The molecule has 0 radical (unpaired) electrons. The van der Waals surface area contributed by atoms with Gasteiger partial charge in [-0.15, -0.1) is 0 Å². The molecule has 2 heterocycles. The second kappa shape index (κ2) is 4.84. The fraction of sp³-hybridized carbons (Fsp3) is 0.267. The number of amides is 1. The van der Waals surface area contributed by atoms with Crippen LogP contribution in [0.4, 0.5) is 5.69 Å². The van der Waals surface area contributed by atoms with Crippen molar-refractivity contribution in [1.29, 1.82) is 0 Å². The highest BCUT2D eigenvalue weighted by molar-refractivity contribution is 6.30. The number of carbonyl (C=O) groups excluding carboxylic acids is 1. The Morgan fingerprint density at radius 1 is 1.36 bits per heavy atom. The molecule has 3 rings (SSSR count). The van der Waals surface area contributed by atoms with Gasteiger partial charge in [-0.3, -0.25) is 9.89 Å². The first-order valence-electron chi connectivity index (χ1n) is 6.70. The van der Waals surface area contributed by atoms with Gasteiger partial charge in [0.1, 0.15) is 5.69 Å². The number of nitrogens with one attached hydrogen (secondary N) is 1. The van der Waals surface area contributed by atoms with Crippen molar-refractivity contribution in [3.8, 4) is 0 Å². The van der Waals surface area contributed by atoms with Crippen LogP contribution in [0.15, 0.2) is 24.3 Å². The summed E-state index contributed by atoms with van der Waals surface area (Å²) in [5, 5.41) is 15.7. The van der Waals surface area contributed by atoms with Gasteiger partial charge in [0, 0.05) is 28.7 Å². The molecule has 1 aromatic carbocycles. The Morgan fingerprint density at radius 3 is 2.73 bits per heavy atom. The van der Waals surface area contributed by atoms with E-state index in [0.29, 0.717) is 11.6 Å². The van der Waals surface area contributed by atoms with E-state index in [1.807, 2.05) is 19.9 Å². The summed E-state index contributed by atoms with van der Waals surface area (Å²) in [6.07, 6.45) is 0. The maximum atomic E-state index is 12.6. The van der Waals surface area contributed by atoms with Gasteiger partial charge in [-0.1, -0.05) is 25.4 Å². The molecule has 0 aliphatic carbocycles.